The smallest absolute Gasteiger partial charge is 0.236 e. The summed E-state index contributed by atoms with van der Waals surface area (Å²) in [6, 6.07) is 6.28. The fourth-order valence-corrected chi connectivity index (χ4v) is 2.51. The Morgan fingerprint density at radius 3 is 2.42 bits per heavy atom. The highest BCUT2D eigenvalue weighted by Crippen LogP contribution is 2.18. The molecule has 1 saturated heterocycles. The first kappa shape index (κ1) is 14.1. The van der Waals surface area contributed by atoms with Crippen LogP contribution in [-0.2, 0) is 15.0 Å². The van der Waals surface area contributed by atoms with Crippen molar-refractivity contribution in [3.8, 4) is 0 Å². The first-order valence-electron chi connectivity index (χ1n) is 5.05. The number of nitrogens with one attached hydrogen (secondary N) is 2. The molecule has 0 aromatic heterocycles. The van der Waals surface area contributed by atoms with Crippen molar-refractivity contribution in [3.05, 3.63) is 40.0 Å². The normalized spacial score (nSPS) is 17.2. The fourth-order valence-electron chi connectivity index (χ4n) is 1.30. The lowest BCUT2D eigenvalue weighted by atomic mass is 10.2. The number of amidine groups is 1. The number of halogens is 2. The van der Waals surface area contributed by atoms with E-state index >= 15 is 0 Å². The Morgan fingerprint density at radius 2 is 1.84 bits per heavy atom. The number of benzene rings is 1. The quantitative estimate of drug-likeness (QED) is 0.867. The van der Waals surface area contributed by atoms with Gasteiger partial charge < -0.3 is 0 Å². The highest BCUT2D eigenvalue weighted by molar-refractivity contribution is 7.90. The molecule has 2 rings (SSSR count). The Kier molecular flexibility index (Phi) is 4.00. The van der Waals surface area contributed by atoms with Gasteiger partial charge in [-0.3, -0.25) is 0 Å². The van der Waals surface area contributed by atoms with E-state index in [4.69, 9.17) is 23.2 Å². The molecule has 1 aliphatic heterocycles. The molecule has 0 atom stereocenters. The van der Waals surface area contributed by atoms with Crippen molar-refractivity contribution in [2.24, 2.45) is 4.40 Å². The zero-order valence-electron chi connectivity index (χ0n) is 9.65. The summed E-state index contributed by atoms with van der Waals surface area (Å²) in [5.74, 6) is -0.111. The number of hydroxylamine groups is 2. The molecule has 9 heteroatoms. The molecule has 0 aliphatic carbocycles. The average Bonchev–Trinajstić information content (AvgIpc) is 2.77. The van der Waals surface area contributed by atoms with Crippen molar-refractivity contribution in [2.75, 3.05) is 0 Å². The third-order valence-electron chi connectivity index (χ3n) is 2.26. The number of rotatable bonds is 2. The Bertz CT molecular complexity index is 649. The SMILES string of the molecule is Cc1ccc(S(=O)(=O)/N=C2\NONC2=C(Cl)Cl)cc1. The molecular weight excluding hydrogens is 313 g/mol. The van der Waals surface area contributed by atoms with Gasteiger partial charge in [-0.2, -0.15) is 13.4 Å². The van der Waals surface area contributed by atoms with Crippen molar-refractivity contribution in [1.29, 1.82) is 0 Å². The van der Waals surface area contributed by atoms with Crippen LogP contribution in [0.5, 0.6) is 0 Å². The summed E-state index contributed by atoms with van der Waals surface area (Å²) in [7, 11) is -3.87. The molecule has 1 fully saturated rings. The summed E-state index contributed by atoms with van der Waals surface area (Å²) in [5, 5.41) is 0. The summed E-state index contributed by atoms with van der Waals surface area (Å²) in [6.45, 7) is 1.85. The molecule has 1 aromatic carbocycles. The molecule has 0 saturated carbocycles. The van der Waals surface area contributed by atoms with Gasteiger partial charge >= 0.3 is 0 Å². The third-order valence-corrected chi connectivity index (χ3v) is 3.93. The largest absolute Gasteiger partial charge is 0.284 e. The second-order valence-electron chi connectivity index (χ2n) is 3.67. The summed E-state index contributed by atoms with van der Waals surface area (Å²) >= 11 is 11.1. The minimum atomic E-state index is -3.87. The fraction of sp³-hybridized carbons (Fsp3) is 0.100. The van der Waals surface area contributed by atoms with Crippen LogP contribution < -0.4 is 11.0 Å². The molecule has 0 radical (unpaired) electrons. The van der Waals surface area contributed by atoms with E-state index in [1.54, 1.807) is 12.1 Å². The molecule has 6 nitrogen and oxygen atoms in total. The molecule has 1 aromatic rings. The maximum Gasteiger partial charge on any atom is 0.284 e. The molecule has 19 heavy (non-hydrogen) atoms. The van der Waals surface area contributed by atoms with Crippen LogP contribution in [0.3, 0.4) is 0 Å². The number of aryl methyl sites for hydroxylation is 1. The molecule has 1 heterocycles. The highest BCUT2D eigenvalue weighted by Gasteiger charge is 2.23. The molecule has 1 aliphatic rings. The van der Waals surface area contributed by atoms with Crippen molar-refractivity contribution >= 4 is 39.1 Å². The van der Waals surface area contributed by atoms with Crippen molar-refractivity contribution in [2.45, 2.75) is 11.8 Å². The minimum absolute atomic E-state index is 0.0546. The summed E-state index contributed by atoms with van der Waals surface area (Å²) in [6.07, 6.45) is 0. The lowest BCUT2D eigenvalue weighted by molar-refractivity contribution is 0.0446. The van der Waals surface area contributed by atoms with Crippen LogP contribution in [0.15, 0.2) is 43.7 Å². The van der Waals surface area contributed by atoms with Crippen molar-refractivity contribution in [1.82, 2.24) is 11.0 Å². The van der Waals surface area contributed by atoms with Gasteiger partial charge in [0.2, 0.25) is 0 Å². The monoisotopic (exact) mass is 321 g/mol. The van der Waals surface area contributed by atoms with Gasteiger partial charge in [0, 0.05) is 0 Å². The van der Waals surface area contributed by atoms with Crippen LogP contribution in [0.1, 0.15) is 5.56 Å². The van der Waals surface area contributed by atoms with Crippen LogP contribution in [0.4, 0.5) is 0 Å². The van der Waals surface area contributed by atoms with Gasteiger partial charge in [0.15, 0.2) is 5.84 Å². The Hall–Kier alpha value is -1.28. The highest BCUT2D eigenvalue weighted by atomic mass is 35.5. The standard InChI is InChI=1S/C10H9Cl2N3O3S/c1-6-2-4-7(5-3-6)19(16,17)15-10-8(9(11)12)13-18-14-10/h2-5,13H,1H3,(H,14,15). The molecule has 102 valence electrons. The molecule has 0 unspecified atom stereocenters. The number of hydrogen-bond acceptors (Lipinski definition) is 4. The molecule has 0 bridgehead atoms. The van der Waals surface area contributed by atoms with E-state index in [1.807, 2.05) is 6.92 Å². The Balaban J connectivity index is 2.41. The van der Waals surface area contributed by atoms with Gasteiger partial charge in [-0.1, -0.05) is 40.9 Å². The molecular formula is C10H9Cl2N3O3S. The van der Waals surface area contributed by atoms with E-state index in [2.05, 4.69) is 20.3 Å². The van der Waals surface area contributed by atoms with Crippen LogP contribution in [0.2, 0.25) is 0 Å². The number of hydrogen-bond donors (Lipinski definition) is 2. The summed E-state index contributed by atoms with van der Waals surface area (Å²) in [5.41, 5.74) is 5.56. The van der Waals surface area contributed by atoms with Crippen LogP contribution in [0.25, 0.3) is 0 Å². The number of nitrogens with zero attached hydrogens (tertiary/aromatic N) is 1. The van der Waals surface area contributed by atoms with Gasteiger partial charge in [-0.25, -0.2) is 11.0 Å². The van der Waals surface area contributed by atoms with Crippen LogP contribution in [0, 0.1) is 6.92 Å². The first-order chi connectivity index (χ1) is 8.90. The van der Waals surface area contributed by atoms with Crippen molar-refractivity contribution in [3.63, 3.8) is 0 Å². The van der Waals surface area contributed by atoms with Gasteiger partial charge in [0.25, 0.3) is 10.0 Å². The van der Waals surface area contributed by atoms with E-state index in [1.165, 1.54) is 12.1 Å². The van der Waals surface area contributed by atoms with Gasteiger partial charge in [0.1, 0.15) is 10.2 Å². The summed E-state index contributed by atoms with van der Waals surface area (Å²) in [4.78, 5) is 4.67. The zero-order valence-corrected chi connectivity index (χ0v) is 12.0. The van der Waals surface area contributed by atoms with Gasteiger partial charge in [0.05, 0.1) is 4.90 Å². The lowest BCUT2D eigenvalue weighted by Crippen LogP contribution is -2.16. The maximum atomic E-state index is 12.0. The van der Waals surface area contributed by atoms with Crippen molar-refractivity contribution < 1.29 is 13.4 Å². The molecule has 0 spiro atoms. The second kappa shape index (κ2) is 5.38. The van der Waals surface area contributed by atoms with Crippen LogP contribution >= 0.6 is 23.2 Å². The topological polar surface area (TPSA) is 79.8 Å². The lowest BCUT2D eigenvalue weighted by Gasteiger charge is -2.01. The Labute approximate surface area is 120 Å². The molecule has 2 N–H and O–H groups in total. The average molecular weight is 322 g/mol. The summed E-state index contributed by atoms with van der Waals surface area (Å²) < 4.78 is 27.5. The van der Waals surface area contributed by atoms with Gasteiger partial charge in [-0.05, 0) is 19.1 Å². The minimum Gasteiger partial charge on any atom is -0.236 e. The predicted molar refractivity (Wildman–Crippen MR) is 71.9 cm³/mol. The van der Waals surface area contributed by atoms with Crippen LogP contribution in [-0.4, -0.2) is 14.3 Å². The first-order valence-corrected chi connectivity index (χ1v) is 7.25. The Morgan fingerprint density at radius 1 is 1.21 bits per heavy atom. The number of sulfonamides is 1. The van der Waals surface area contributed by atoms with E-state index < -0.39 is 10.0 Å². The van der Waals surface area contributed by atoms with E-state index in [9.17, 15) is 8.42 Å². The third kappa shape index (κ3) is 3.19. The van der Waals surface area contributed by atoms with E-state index in [-0.39, 0.29) is 20.9 Å². The predicted octanol–water partition coefficient (Wildman–Crippen LogP) is 1.77. The zero-order chi connectivity index (χ0) is 14.0. The van der Waals surface area contributed by atoms with E-state index in [0.29, 0.717) is 0 Å². The molecule has 0 amide bonds. The van der Waals surface area contributed by atoms with Gasteiger partial charge in [-0.15, -0.1) is 4.40 Å². The van der Waals surface area contributed by atoms with E-state index in [0.717, 1.165) is 5.56 Å². The maximum absolute atomic E-state index is 12.0. The second-order valence-corrected chi connectivity index (χ2v) is 6.22.